The van der Waals surface area contributed by atoms with Gasteiger partial charge < -0.3 is 39.9 Å². The molecule has 3 aliphatic carbocycles. The summed E-state index contributed by atoms with van der Waals surface area (Å²) in [6.07, 6.45) is 4.92. The van der Waals surface area contributed by atoms with Crippen molar-refractivity contribution in [2.24, 2.45) is 23.2 Å². The van der Waals surface area contributed by atoms with E-state index in [1.165, 1.54) is 20.3 Å². The Bertz CT molecular complexity index is 2720. The fourth-order valence-electron chi connectivity index (χ4n) is 10.3. The number of hydrogen-bond donors (Lipinski definition) is 4. The van der Waals surface area contributed by atoms with Gasteiger partial charge in [-0.3, -0.25) is 9.59 Å². The van der Waals surface area contributed by atoms with Crippen LogP contribution in [0.2, 0.25) is 0 Å². The van der Waals surface area contributed by atoms with Gasteiger partial charge in [0.15, 0.2) is 0 Å². The van der Waals surface area contributed by atoms with E-state index >= 15 is 8.78 Å². The molecule has 9 rings (SSSR count). The Morgan fingerprint density at radius 1 is 0.833 bits per heavy atom. The van der Waals surface area contributed by atoms with Crippen LogP contribution in [0.1, 0.15) is 109 Å². The summed E-state index contributed by atoms with van der Waals surface area (Å²) in [7, 11) is 2.54. The van der Waals surface area contributed by atoms with Crippen molar-refractivity contribution in [3.05, 3.63) is 83.6 Å². The number of aromatic amines is 2. The Labute approximate surface area is 382 Å². The first kappa shape index (κ1) is 44.9. The average molecular weight is 905 g/mol. The van der Waals surface area contributed by atoms with Crippen LogP contribution in [0.4, 0.5) is 18.4 Å². The third-order valence-electron chi connectivity index (χ3n) is 14.5. The normalized spacial score (nSPS) is 21.0. The minimum absolute atomic E-state index is 0.0430. The SMILES string of the molecule is COC(=O)N[C@@H](C(=O)N(CC1(C)CC1)[C@@H](C)c1ncc(-c2ccc3c(c2)C(F)(F)c2cc(-c4ccc5nc([C@@H]6[C@H]7CC[C@H](C7)N6C(=O)[C@H](NC(=O)OC)C(C)C)[nH]c5c4)ccc2-3)[nH]1)C(C)C. The summed E-state index contributed by atoms with van der Waals surface area (Å²) in [6.45, 7) is 12.0. The van der Waals surface area contributed by atoms with E-state index in [9.17, 15) is 19.2 Å². The highest BCUT2D eigenvalue weighted by Crippen LogP contribution is 2.54. The van der Waals surface area contributed by atoms with E-state index in [2.05, 4.69) is 32.5 Å². The smallest absolute Gasteiger partial charge is 0.407 e. The molecule has 4 N–H and O–H groups in total. The number of nitrogens with one attached hydrogen (secondary N) is 4. The number of aromatic nitrogens is 4. The van der Waals surface area contributed by atoms with Crippen molar-refractivity contribution < 1.29 is 37.4 Å². The van der Waals surface area contributed by atoms with Crippen molar-refractivity contribution in [3.8, 4) is 33.5 Å². The van der Waals surface area contributed by atoms with Crippen LogP contribution < -0.4 is 10.6 Å². The number of benzene rings is 3. The molecule has 3 fully saturated rings. The summed E-state index contributed by atoms with van der Waals surface area (Å²) in [5.74, 6) is -2.70. The second-order valence-corrected chi connectivity index (χ2v) is 19.7. The molecule has 348 valence electrons. The zero-order valence-corrected chi connectivity index (χ0v) is 38.6. The van der Waals surface area contributed by atoms with Gasteiger partial charge in [-0.1, -0.05) is 65.0 Å². The van der Waals surface area contributed by atoms with E-state index < -0.39 is 36.2 Å². The molecule has 2 aromatic heterocycles. The van der Waals surface area contributed by atoms with Gasteiger partial charge in [0.2, 0.25) is 11.8 Å². The zero-order chi connectivity index (χ0) is 47.0. The Balaban J connectivity index is 0.957. The molecule has 3 heterocycles. The van der Waals surface area contributed by atoms with E-state index in [0.29, 0.717) is 51.7 Å². The minimum Gasteiger partial charge on any atom is -0.453 e. The molecule has 14 nitrogen and oxygen atoms in total. The van der Waals surface area contributed by atoms with Crippen LogP contribution in [0, 0.1) is 23.2 Å². The van der Waals surface area contributed by atoms with Crippen molar-refractivity contribution >= 4 is 35.0 Å². The second-order valence-electron chi connectivity index (χ2n) is 19.7. The quantitative estimate of drug-likeness (QED) is 0.0905. The molecule has 4 amide bonds. The lowest BCUT2D eigenvalue weighted by molar-refractivity contribution is -0.139. The summed E-state index contributed by atoms with van der Waals surface area (Å²) in [5.41, 5.74) is 4.52. The highest BCUT2D eigenvalue weighted by atomic mass is 19.3. The highest BCUT2D eigenvalue weighted by Gasteiger charge is 2.52. The molecule has 1 aliphatic heterocycles. The number of nitrogens with zero attached hydrogens (tertiary/aromatic N) is 4. The number of imidazole rings is 2. The fraction of sp³-hybridized carbons (Fsp3) is 0.480. The number of piperidine rings is 1. The molecular formula is C50H58F2N8O6. The standard InChI is InChI=1S/C50H58F2N8O6/c1-25(2)40(57-47(63)65-7)45(61)59(24-49(6)17-18-49)27(5)43-53-23-39(56-43)30-11-15-34-33-14-10-28(20-35(33)50(51,52)36(34)21-30)29-12-16-37-38(22-29)55-44(54-37)42-31-9-13-32(19-31)60(42)46(62)41(26(3)4)58-48(64)66-8/h10-12,14-16,20-23,25-27,31-32,40-42H,9,13,17-19,24H2,1-8H3,(H,53,56)(H,54,55)(H,57,63)(H,58,64)/t27-,31-,32+,40+,41+,42-/m0/s1. The van der Waals surface area contributed by atoms with Gasteiger partial charge >= 0.3 is 12.2 Å². The van der Waals surface area contributed by atoms with Crippen LogP contribution in [-0.4, -0.2) is 92.6 Å². The second kappa shape index (κ2) is 16.8. The summed E-state index contributed by atoms with van der Waals surface area (Å²) in [4.78, 5) is 72.6. The molecule has 66 heavy (non-hydrogen) atoms. The predicted molar refractivity (Wildman–Crippen MR) is 244 cm³/mol. The summed E-state index contributed by atoms with van der Waals surface area (Å²) in [6, 6.07) is 13.5. The topological polar surface area (TPSA) is 175 Å². The fourth-order valence-corrected chi connectivity index (χ4v) is 10.3. The molecule has 0 unspecified atom stereocenters. The maximum absolute atomic E-state index is 16.7. The number of carbonyl (C=O) groups excluding carboxylic acids is 4. The van der Waals surface area contributed by atoms with Crippen LogP contribution >= 0.6 is 0 Å². The number of alkyl halides is 2. The van der Waals surface area contributed by atoms with E-state index in [0.717, 1.165) is 43.2 Å². The first-order valence-electron chi connectivity index (χ1n) is 23.0. The number of hydrogen-bond acceptors (Lipinski definition) is 8. The van der Waals surface area contributed by atoms with Crippen LogP contribution in [-0.2, 0) is 25.0 Å². The van der Waals surface area contributed by atoms with Gasteiger partial charge in [0.25, 0.3) is 5.92 Å². The number of amides is 4. The Hall–Kier alpha value is -6.32. The first-order chi connectivity index (χ1) is 31.4. The maximum atomic E-state index is 16.7. The first-order valence-corrected chi connectivity index (χ1v) is 23.0. The predicted octanol–water partition coefficient (Wildman–Crippen LogP) is 9.24. The number of halogens is 2. The van der Waals surface area contributed by atoms with Crippen molar-refractivity contribution in [2.45, 2.75) is 110 Å². The number of rotatable bonds is 13. The van der Waals surface area contributed by atoms with E-state index in [1.54, 1.807) is 35.4 Å². The Morgan fingerprint density at radius 3 is 2.08 bits per heavy atom. The number of likely N-dealkylation sites (tertiary alicyclic amines) is 1. The molecule has 0 spiro atoms. The Kier molecular flexibility index (Phi) is 11.4. The van der Waals surface area contributed by atoms with Gasteiger partial charge in [-0.2, -0.15) is 8.78 Å². The lowest BCUT2D eigenvalue weighted by atomic mass is 9.95. The maximum Gasteiger partial charge on any atom is 0.407 e. The zero-order valence-electron chi connectivity index (χ0n) is 38.6. The molecule has 5 aromatic rings. The molecule has 4 aliphatic rings. The molecule has 16 heteroatoms. The number of alkyl carbamates (subject to hydrolysis) is 2. The van der Waals surface area contributed by atoms with E-state index in [1.807, 2.05) is 63.8 Å². The third kappa shape index (κ3) is 7.95. The van der Waals surface area contributed by atoms with Crippen molar-refractivity contribution in [1.82, 2.24) is 40.4 Å². The van der Waals surface area contributed by atoms with E-state index in [-0.39, 0.29) is 58.2 Å². The molecule has 0 radical (unpaired) electrons. The molecular weight excluding hydrogens is 847 g/mol. The van der Waals surface area contributed by atoms with Gasteiger partial charge in [-0.15, -0.1) is 0 Å². The highest BCUT2D eigenvalue weighted by molar-refractivity contribution is 5.89. The summed E-state index contributed by atoms with van der Waals surface area (Å²) in [5, 5.41) is 5.43. The van der Waals surface area contributed by atoms with Crippen LogP contribution in [0.5, 0.6) is 0 Å². The van der Waals surface area contributed by atoms with E-state index in [4.69, 9.17) is 14.5 Å². The largest absolute Gasteiger partial charge is 0.453 e. The lowest BCUT2D eigenvalue weighted by Crippen LogP contribution is -2.54. The van der Waals surface area contributed by atoms with Crippen LogP contribution in [0.3, 0.4) is 0 Å². The van der Waals surface area contributed by atoms with Gasteiger partial charge in [-0.05, 0) is 109 Å². The molecule has 2 bridgehead atoms. The van der Waals surface area contributed by atoms with Gasteiger partial charge in [0.1, 0.15) is 23.7 Å². The molecule has 6 atom stereocenters. The van der Waals surface area contributed by atoms with Gasteiger partial charge in [0, 0.05) is 29.3 Å². The third-order valence-corrected chi connectivity index (χ3v) is 14.5. The number of fused-ring (bicyclic) bond motifs is 6. The van der Waals surface area contributed by atoms with Gasteiger partial charge in [-0.25, -0.2) is 19.6 Å². The monoisotopic (exact) mass is 904 g/mol. The number of carbonyl (C=O) groups is 4. The Morgan fingerprint density at radius 2 is 1.44 bits per heavy atom. The average Bonchev–Trinajstić information content (AvgIpc) is 3.89. The summed E-state index contributed by atoms with van der Waals surface area (Å²) < 4.78 is 43.0. The molecule has 3 aromatic carbocycles. The minimum atomic E-state index is -3.30. The lowest BCUT2D eigenvalue weighted by Gasteiger charge is -2.37. The number of ether oxygens (including phenoxy) is 2. The van der Waals surface area contributed by atoms with Crippen molar-refractivity contribution in [2.75, 3.05) is 20.8 Å². The van der Waals surface area contributed by atoms with Crippen LogP contribution in [0.15, 0.2) is 60.8 Å². The van der Waals surface area contributed by atoms with Crippen molar-refractivity contribution in [3.63, 3.8) is 0 Å². The molecule has 1 saturated heterocycles. The molecule has 2 saturated carbocycles. The van der Waals surface area contributed by atoms with Gasteiger partial charge in [0.05, 0.1) is 49.2 Å². The number of H-pyrrole nitrogens is 2. The van der Waals surface area contributed by atoms with Crippen LogP contribution in [0.25, 0.3) is 44.5 Å². The van der Waals surface area contributed by atoms with Crippen molar-refractivity contribution in [1.29, 1.82) is 0 Å². The summed E-state index contributed by atoms with van der Waals surface area (Å²) >= 11 is 0. The number of methoxy groups -OCH3 is 2.